The normalized spacial score (nSPS) is 10.8. The van der Waals surface area contributed by atoms with Crippen LogP contribution in [0, 0.1) is 0 Å². The molecule has 7 heteroatoms. The second-order valence-electron chi connectivity index (χ2n) is 3.83. The van der Waals surface area contributed by atoms with E-state index in [-0.39, 0.29) is 5.91 Å². The van der Waals surface area contributed by atoms with Crippen LogP contribution >= 0.6 is 11.3 Å². The van der Waals surface area contributed by atoms with Crippen molar-refractivity contribution in [3.63, 3.8) is 0 Å². The Hall–Kier alpha value is -1.60. The molecule has 2 aromatic heterocycles. The average Bonchev–Trinajstić information content (AvgIpc) is 2.95. The van der Waals surface area contributed by atoms with Crippen LogP contribution in [0.3, 0.4) is 0 Å². The van der Waals surface area contributed by atoms with Crippen molar-refractivity contribution in [2.45, 2.75) is 13.5 Å². The molecule has 0 aliphatic carbocycles. The summed E-state index contributed by atoms with van der Waals surface area (Å²) < 4.78 is 1.98. The first-order chi connectivity index (χ1) is 8.71. The Bertz CT molecular complexity index is 547. The Kier molecular flexibility index (Phi) is 3.83. The predicted octanol–water partition coefficient (Wildman–Crippen LogP) is 0.427. The standard InChI is InChI=1S/C11H17N5OS/c1-3-15(7-9(17)13-2)10-8(6-12)16-4-5-18-11(16)14-10/h4-5H,3,6-7,12H2,1-2H3,(H,13,17). The van der Waals surface area contributed by atoms with Crippen LogP contribution in [0.25, 0.3) is 4.96 Å². The zero-order valence-electron chi connectivity index (χ0n) is 10.5. The molecule has 0 saturated carbocycles. The molecule has 3 N–H and O–H groups in total. The number of thiazole rings is 1. The maximum atomic E-state index is 11.5. The summed E-state index contributed by atoms with van der Waals surface area (Å²) in [7, 11) is 1.63. The van der Waals surface area contributed by atoms with E-state index < -0.39 is 0 Å². The molecule has 0 saturated heterocycles. The molecule has 2 aromatic rings. The number of fused-ring (bicyclic) bond motifs is 1. The molecule has 6 nitrogen and oxygen atoms in total. The number of nitrogens with zero attached hydrogens (tertiary/aromatic N) is 3. The van der Waals surface area contributed by atoms with E-state index in [0.717, 1.165) is 16.5 Å². The molecular weight excluding hydrogens is 250 g/mol. The van der Waals surface area contributed by atoms with Crippen molar-refractivity contribution in [1.29, 1.82) is 0 Å². The van der Waals surface area contributed by atoms with E-state index in [1.54, 1.807) is 18.4 Å². The molecule has 0 radical (unpaired) electrons. The van der Waals surface area contributed by atoms with E-state index in [0.29, 0.717) is 19.6 Å². The minimum Gasteiger partial charge on any atom is -0.358 e. The fourth-order valence-electron chi connectivity index (χ4n) is 1.85. The Morgan fingerprint density at radius 1 is 1.67 bits per heavy atom. The third kappa shape index (κ3) is 2.19. The molecule has 0 bridgehead atoms. The van der Waals surface area contributed by atoms with Gasteiger partial charge in [-0.3, -0.25) is 9.20 Å². The second kappa shape index (κ2) is 5.36. The van der Waals surface area contributed by atoms with Crippen molar-refractivity contribution in [1.82, 2.24) is 14.7 Å². The first-order valence-electron chi connectivity index (χ1n) is 5.81. The van der Waals surface area contributed by atoms with Gasteiger partial charge < -0.3 is 16.0 Å². The van der Waals surface area contributed by atoms with Gasteiger partial charge >= 0.3 is 0 Å². The number of hydrogen-bond donors (Lipinski definition) is 2. The number of likely N-dealkylation sites (N-methyl/N-ethyl adjacent to an activating group) is 2. The lowest BCUT2D eigenvalue weighted by atomic mass is 10.3. The van der Waals surface area contributed by atoms with E-state index in [4.69, 9.17) is 5.73 Å². The highest BCUT2D eigenvalue weighted by molar-refractivity contribution is 7.15. The van der Waals surface area contributed by atoms with Crippen LogP contribution in [0.4, 0.5) is 5.82 Å². The third-order valence-electron chi connectivity index (χ3n) is 2.83. The summed E-state index contributed by atoms with van der Waals surface area (Å²) in [4.78, 5) is 18.9. The van der Waals surface area contributed by atoms with Gasteiger partial charge in [-0.15, -0.1) is 11.3 Å². The lowest BCUT2D eigenvalue weighted by molar-refractivity contribution is -0.119. The number of nitrogens with two attached hydrogens (primary N) is 1. The maximum absolute atomic E-state index is 11.5. The number of hydrogen-bond acceptors (Lipinski definition) is 5. The van der Waals surface area contributed by atoms with Gasteiger partial charge in [0, 0.05) is 31.7 Å². The number of amides is 1. The molecule has 0 atom stereocenters. The number of imidazole rings is 1. The molecular formula is C11H17N5OS. The second-order valence-corrected chi connectivity index (χ2v) is 4.70. The highest BCUT2D eigenvalue weighted by Crippen LogP contribution is 2.24. The summed E-state index contributed by atoms with van der Waals surface area (Å²) in [6, 6.07) is 0. The minimum atomic E-state index is -0.0313. The number of rotatable bonds is 5. The average molecular weight is 267 g/mol. The van der Waals surface area contributed by atoms with Gasteiger partial charge in [0.15, 0.2) is 10.8 Å². The van der Waals surface area contributed by atoms with Crippen LogP contribution < -0.4 is 16.0 Å². The van der Waals surface area contributed by atoms with E-state index >= 15 is 0 Å². The summed E-state index contributed by atoms with van der Waals surface area (Å²) in [5.41, 5.74) is 6.73. The van der Waals surface area contributed by atoms with Gasteiger partial charge in [-0.1, -0.05) is 0 Å². The fraction of sp³-hybridized carbons (Fsp3) is 0.455. The van der Waals surface area contributed by atoms with Crippen molar-refractivity contribution >= 4 is 28.0 Å². The van der Waals surface area contributed by atoms with Gasteiger partial charge in [0.25, 0.3) is 0 Å². The van der Waals surface area contributed by atoms with Crippen molar-refractivity contribution in [3.8, 4) is 0 Å². The smallest absolute Gasteiger partial charge is 0.239 e. The zero-order valence-corrected chi connectivity index (χ0v) is 11.3. The fourth-order valence-corrected chi connectivity index (χ4v) is 2.58. The largest absolute Gasteiger partial charge is 0.358 e. The number of anilines is 1. The van der Waals surface area contributed by atoms with Gasteiger partial charge in [0.2, 0.25) is 5.91 Å². The van der Waals surface area contributed by atoms with Crippen molar-refractivity contribution in [2.75, 3.05) is 25.0 Å². The molecule has 2 heterocycles. The maximum Gasteiger partial charge on any atom is 0.239 e. The summed E-state index contributed by atoms with van der Waals surface area (Å²) in [5.74, 6) is 0.770. The SMILES string of the molecule is CCN(CC(=O)NC)c1nc2sccn2c1CN. The van der Waals surface area contributed by atoms with Crippen LogP contribution in [0.15, 0.2) is 11.6 Å². The van der Waals surface area contributed by atoms with Gasteiger partial charge in [0.1, 0.15) is 0 Å². The summed E-state index contributed by atoms with van der Waals surface area (Å²) in [6.45, 7) is 3.41. The van der Waals surface area contributed by atoms with Crippen LogP contribution in [-0.2, 0) is 11.3 Å². The Labute approximate surface area is 109 Å². The van der Waals surface area contributed by atoms with E-state index in [1.165, 1.54) is 0 Å². The molecule has 0 aliphatic heterocycles. The number of carbonyl (C=O) groups excluding carboxylic acids is 1. The molecule has 0 unspecified atom stereocenters. The van der Waals surface area contributed by atoms with Crippen LogP contribution in [-0.4, -0.2) is 35.4 Å². The third-order valence-corrected chi connectivity index (χ3v) is 3.58. The Morgan fingerprint density at radius 3 is 3.06 bits per heavy atom. The van der Waals surface area contributed by atoms with Gasteiger partial charge in [-0.05, 0) is 6.92 Å². The minimum absolute atomic E-state index is 0.0313. The number of nitrogens with one attached hydrogen (secondary N) is 1. The highest BCUT2D eigenvalue weighted by Gasteiger charge is 2.18. The summed E-state index contributed by atoms with van der Waals surface area (Å²) in [5, 5.41) is 4.59. The molecule has 2 rings (SSSR count). The van der Waals surface area contributed by atoms with Crippen LogP contribution in [0.1, 0.15) is 12.6 Å². The van der Waals surface area contributed by atoms with Crippen molar-refractivity contribution in [2.24, 2.45) is 5.73 Å². The van der Waals surface area contributed by atoms with E-state index in [2.05, 4.69) is 10.3 Å². The Balaban J connectivity index is 2.37. The van der Waals surface area contributed by atoms with Crippen LogP contribution in [0.2, 0.25) is 0 Å². The monoisotopic (exact) mass is 267 g/mol. The van der Waals surface area contributed by atoms with E-state index in [1.807, 2.05) is 27.8 Å². The van der Waals surface area contributed by atoms with Gasteiger partial charge in [-0.2, -0.15) is 0 Å². The molecule has 98 valence electrons. The first-order valence-corrected chi connectivity index (χ1v) is 6.69. The lowest BCUT2D eigenvalue weighted by Gasteiger charge is -2.20. The van der Waals surface area contributed by atoms with Gasteiger partial charge in [0.05, 0.1) is 12.2 Å². The highest BCUT2D eigenvalue weighted by atomic mass is 32.1. The van der Waals surface area contributed by atoms with Crippen molar-refractivity contribution < 1.29 is 4.79 Å². The molecule has 0 spiro atoms. The van der Waals surface area contributed by atoms with Crippen LogP contribution in [0.5, 0.6) is 0 Å². The van der Waals surface area contributed by atoms with Gasteiger partial charge in [-0.25, -0.2) is 4.98 Å². The van der Waals surface area contributed by atoms with E-state index in [9.17, 15) is 4.79 Å². The number of carbonyl (C=O) groups is 1. The zero-order chi connectivity index (χ0) is 13.1. The molecule has 18 heavy (non-hydrogen) atoms. The lowest BCUT2D eigenvalue weighted by Crippen LogP contribution is -2.36. The predicted molar refractivity (Wildman–Crippen MR) is 72.9 cm³/mol. The summed E-state index contributed by atoms with van der Waals surface area (Å²) >= 11 is 1.56. The molecule has 0 fully saturated rings. The molecule has 0 aromatic carbocycles. The quantitative estimate of drug-likeness (QED) is 0.823. The first kappa shape index (κ1) is 12.8. The molecule has 1 amide bonds. The number of aromatic nitrogens is 2. The topological polar surface area (TPSA) is 75.7 Å². The summed E-state index contributed by atoms with van der Waals surface area (Å²) in [6.07, 6.45) is 1.95. The van der Waals surface area contributed by atoms with Crippen molar-refractivity contribution in [3.05, 3.63) is 17.3 Å². The Morgan fingerprint density at radius 2 is 2.44 bits per heavy atom. The molecule has 0 aliphatic rings.